The lowest BCUT2D eigenvalue weighted by atomic mass is 10.1. The number of ether oxygens (including phenoxy) is 1. The van der Waals surface area contributed by atoms with Gasteiger partial charge < -0.3 is 19.9 Å². The lowest BCUT2D eigenvalue weighted by molar-refractivity contribution is -0.125. The van der Waals surface area contributed by atoms with Gasteiger partial charge in [-0.15, -0.1) is 11.3 Å². The molecule has 1 amide bonds. The number of rotatable bonds is 6. The minimum Gasteiger partial charge on any atom is -0.495 e. The summed E-state index contributed by atoms with van der Waals surface area (Å²) < 4.78 is 8.95. The van der Waals surface area contributed by atoms with Gasteiger partial charge in [-0.3, -0.25) is 9.69 Å². The molecular formula is C27H30N6O2S. The summed E-state index contributed by atoms with van der Waals surface area (Å²) in [6.07, 6.45) is 9.50. The van der Waals surface area contributed by atoms with E-state index in [0.717, 1.165) is 75.5 Å². The quantitative estimate of drug-likeness (QED) is 0.397. The number of aromatic nitrogens is 3. The van der Waals surface area contributed by atoms with E-state index in [0.29, 0.717) is 12.4 Å². The van der Waals surface area contributed by atoms with Crippen molar-refractivity contribution in [2.45, 2.75) is 25.8 Å². The van der Waals surface area contributed by atoms with E-state index in [2.05, 4.69) is 50.8 Å². The van der Waals surface area contributed by atoms with Gasteiger partial charge >= 0.3 is 0 Å². The lowest BCUT2D eigenvalue weighted by Crippen LogP contribution is -2.37. The minimum atomic E-state index is 0.0795. The van der Waals surface area contributed by atoms with Gasteiger partial charge in [0.25, 0.3) is 0 Å². The zero-order valence-corrected chi connectivity index (χ0v) is 21.4. The van der Waals surface area contributed by atoms with Gasteiger partial charge in [-0.05, 0) is 55.9 Å². The van der Waals surface area contributed by atoms with Crippen LogP contribution in [0.3, 0.4) is 0 Å². The summed E-state index contributed by atoms with van der Waals surface area (Å²) in [5, 5.41) is 2.00. The van der Waals surface area contributed by atoms with Crippen molar-refractivity contribution in [2.75, 3.05) is 45.6 Å². The number of likely N-dealkylation sites (tertiary alicyclic amines) is 2. The van der Waals surface area contributed by atoms with Gasteiger partial charge in [0.2, 0.25) is 5.91 Å². The molecule has 8 nitrogen and oxygen atoms in total. The highest BCUT2D eigenvalue weighted by atomic mass is 32.1. The van der Waals surface area contributed by atoms with Gasteiger partial charge in [0.1, 0.15) is 23.5 Å². The van der Waals surface area contributed by atoms with Crippen molar-refractivity contribution in [3.05, 3.63) is 48.4 Å². The highest BCUT2D eigenvalue weighted by molar-refractivity contribution is 7.22. The Bertz CT molecular complexity index is 1480. The van der Waals surface area contributed by atoms with Crippen LogP contribution in [0.2, 0.25) is 0 Å². The maximum Gasteiger partial charge on any atom is 0.246 e. The molecule has 6 rings (SSSR count). The molecule has 2 aliphatic rings. The highest BCUT2D eigenvalue weighted by Crippen LogP contribution is 2.43. The molecule has 1 unspecified atom stereocenters. The zero-order chi connectivity index (χ0) is 24.8. The first-order valence-corrected chi connectivity index (χ1v) is 13.2. The molecule has 4 aromatic rings. The summed E-state index contributed by atoms with van der Waals surface area (Å²) in [6, 6.07) is 6.56. The molecule has 2 N–H and O–H groups in total. The maximum atomic E-state index is 12.8. The summed E-state index contributed by atoms with van der Waals surface area (Å²) in [4.78, 5) is 27.1. The SMILES string of the molecule is COc1cc(C)cc2cc(-c3cn(C4CCN(C(=O)/C=C/CN5CCC5)C4)c4ncnc(N)c34)sc12. The number of methoxy groups -OCH3 is 1. The Labute approximate surface area is 214 Å². The monoisotopic (exact) mass is 502 g/mol. The number of carbonyl (C=O) groups is 1. The number of nitrogens with zero attached hydrogens (tertiary/aromatic N) is 5. The smallest absolute Gasteiger partial charge is 0.246 e. The van der Waals surface area contributed by atoms with E-state index in [-0.39, 0.29) is 11.9 Å². The normalized spacial score (nSPS) is 18.5. The first-order valence-electron chi connectivity index (χ1n) is 12.4. The van der Waals surface area contributed by atoms with Gasteiger partial charge in [0.05, 0.1) is 23.2 Å². The number of hydrogen-bond donors (Lipinski definition) is 1. The number of benzene rings is 1. The molecule has 3 aromatic heterocycles. The zero-order valence-electron chi connectivity index (χ0n) is 20.6. The Hall–Kier alpha value is -3.43. The molecule has 186 valence electrons. The van der Waals surface area contributed by atoms with Crippen LogP contribution in [0, 0.1) is 6.92 Å². The summed E-state index contributed by atoms with van der Waals surface area (Å²) in [6.45, 7) is 6.57. The molecule has 2 saturated heterocycles. The second-order valence-corrected chi connectivity index (χ2v) is 10.7. The molecule has 0 spiro atoms. The van der Waals surface area contributed by atoms with Crippen LogP contribution >= 0.6 is 11.3 Å². The molecular weight excluding hydrogens is 472 g/mol. The summed E-state index contributed by atoms with van der Waals surface area (Å²) in [5.41, 5.74) is 9.37. The van der Waals surface area contributed by atoms with E-state index < -0.39 is 0 Å². The third kappa shape index (κ3) is 4.02. The largest absolute Gasteiger partial charge is 0.495 e. The second kappa shape index (κ2) is 9.22. The second-order valence-electron chi connectivity index (χ2n) is 9.69. The summed E-state index contributed by atoms with van der Waals surface area (Å²) in [5.74, 6) is 1.42. The molecule has 0 aliphatic carbocycles. The van der Waals surface area contributed by atoms with Crippen LogP contribution in [0.4, 0.5) is 5.82 Å². The van der Waals surface area contributed by atoms with E-state index in [9.17, 15) is 4.79 Å². The number of hydrogen-bond acceptors (Lipinski definition) is 7. The third-order valence-electron chi connectivity index (χ3n) is 7.29. The van der Waals surface area contributed by atoms with Crippen LogP contribution in [0.15, 0.2) is 42.9 Å². The average Bonchev–Trinajstić information content (AvgIpc) is 3.56. The predicted octanol–water partition coefficient (Wildman–Crippen LogP) is 4.25. The minimum absolute atomic E-state index is 0.0795. The summed E-state index contributed by atoms with van der Waals surface area (Å²) >= 11 is 1.69. The first-order chi connectivity index (χ1) is 17.5. The van der Waals surface area contributed by atoms with Gasteiger partial charge in [0, 0.05) is 42.3 Å². The molecule has 0 radical (unpaired) electrons. The van der Waals surface area contributed by atoms with Crippen molar-refractivity contribution in [3.8, 4) is 16.2 Å². The molecule has 1 aromatic carbocycles. The number of aryl methyl sites for hydroxylation is 1. The fourth-order valence-electron chi connectivity index (χ4n) is 5.26. The van der Waals surface area contributed by atoms with Gasteiger partial charge in [-0.1, -0.05) is 12.1 Å². The number of fused-ring (bicyclic) bond motifs is 2. The number of carbonyl (C=O) groups excluding carboxylic acids is 1. The Morgan fingerprint density at radius 1 is 1.25 bits per heavy atom. The van der Waals surface area contributed by atoms with Crippen molar-refractivity contribution in [1.29, 1.82) is 0 Å². The average molecular weight is 503 g/mol. The van der Waals surface area contributed by atoms with E-state index in [1.807, 2.05) is 11.0 Å². The number of nitrogens with two attached hydrogens (primary N) is 1. The Kier molecular flexibility index (Phi) is 5.89. The van der Waals surface area contributed by atoms with Crippen molar-refractivity contribution < 1.29 is 9.53 Å². The Morgan fingerprint density at radius 2 is 2.11 bits per heavy atom. The standard InChI is InChI=1S/C27H30N6O2S/c1-17-11-18-13-22(36-25(18)21(12-17)35-2)20-15-33(27-24(20)26(28)29-16-30-27)19-6-10-32(14-19)23(34)5-3-7-31-8-4-9-31/h3,5,11-13,15-16,19H,4,6-10,14H2,1-2H3,(H2,28,29,30)/b5-3+. The third-order valence-corrected chi connectivity index (χ3v) is 8.49. The van der Waals surface area contributed by atoms with E-state index >= 15 is 0 Å². The molecule has 1 atom stereocenters. The molecule has 2 aliphatic heterocycles. The van der Waals surface area contributed by atoms with Crippen molar-refractivity contribution in [2.24, 2.45) is 0 Å². The van der Waals surface area contributed by atoms with Crippen molar-refractivity contribution >= 4 is 44.2 Å². The molecule has 36 heavy (non-hydrogen) atoms. The maximum absolute atomic E-state index is 12.8. The first kappa shape index (κ1) is 23.0. The van der Waals surface area contributed by atoms with Gasteiger partial charge in [-0.25, -0.2) is 9.97 Å². The van der Waals surface area contributed by atoms with Crippen LogP contribution < -0.4 is 10.5 Å². The topological polar surface area (TPSA) is 89.5 Å². The van der Waals surface area contributed by atoms with Gasteiger partial charge in [0.15, 0.2) is 0 Å². The molecule has 9 heteroatoms. The molecule has 2 fully saturated rings. The van der Waals surface area contributed by atoms with Crippen LogP contribution in [0.5, 0.6) is 5.75 Å². The lowest BCUT2D eigenvalue weighted by Gasteiger charge is -2.29. The van der Waals surface area contributed by atoms with E-state index in [1.165, 1.54) is 12.7 Å². The van der Waals surface area contributed by atoms with Crippen LogP contribution in [-0.2, 0) is 4.79 Å². The van der Waals surface area contributed by atoms with E-state index in [1.54, 1.807) is 24.5 Å². The van der Waals surface area contributed by atoms with Crippen LogP contribution in [0.25, 0.3) is 31.6 Å². The van der Waals surface area contributed by atoms with Gasteiger partial charge in [-0.2, -0.15) is 0 Å². The highest BCUT2D eigenvalue weighted by Gasteiger charge is 2.29. The van der Waals surface area contributed by atoms with Crippen LogP contribution in [0.1, 0.15) is 24.4 Å². The van der Waals surface area contributed by atoms with Crippen molar-refractivity contribution in [3.63, 3.8) is 0 Å². The molecule has 0 bridgehead atoms. The number of nitrogen functional groups attached to an aromatic ring is 1. The fraction of sp³-hybridized carbons (Fsp3) is 0.370. The Morgan fingerprint density at radius 3 is 2.89 bits per heavy atom. The Balaban J connectivity index is 1.32. The number of amides is 1. The predicted molar refractivity (Wildman–Crippen MR) is 144 cm³/mol. The van der Waals surface area contributed by atoms with Crippen LogP contribution in [-0.4, -0.2) is 70.1 Å². The summed E-state index contributed by atoms with van der Waals surface area (Å²) in [7, 11) is 1.71. The van der Waals surface area contributed by atoms with E-state index in [4.69, 9.17) is 10.5 Å². The number of thiophene rings is 1. The molecule has 5 heterocycles. The fourth-order valence-corrected chi connectivity index (χ4v) is 6.41. The number of anilines is 1. The van der Waals surface area contributed by atoms with Crippen molar-refractivity contribution in [1.82, 2.24) is 24.3 Å². The molecule has 0 saturated carbocycles.